The van der Waals surface area contributed by atoms with Gasteiger partial charge in [0, 0.05) is 6.54 Å². The summed E-state index contributed by atoms with van der Waals surface area (Å²) in [5.41, 5.74) is 7.70. The van der Waals surface area contributed by atoms with E-state index in [-0.39, 0.29) is 5.95 Å². The molecule has 0 bridgehead atoms. The van der Waals surface area contributed by atoms with Crippen LogP contribution in [0, 0.1) is 11.3 Å². The fourth-order valence-corrected chi connectivity index (χ4v) is 2.82. The Labute approximate surface area is 104 Å². The number of hydrogen-bond donors (Lipinski definition) is 3. The van der Waals surface area contributed by atoms with E-state index in [0.717, 1.165) is 23.8 Å². The Bertz CT molecular complexity index is 596. The number of aromatic nitrogens is 4. The Hall–Kier alpha value is -1.85. The molecule has 0 aromatic carbocycles. The summed E-state index contributed by atoms with van der Waals surface area (Å²) in [6.07, 6.45) is 7.10. The van der Waals surface area contributed by atoms with E-state index in [9.17, 15) is 0 Å². The predicted molar refractivity (Wildman–Crippen MR) is 69.0 cm³/mol. The zero-order valence-corrected chi connectivity index (χ0v) is 10.1. The Morgan fingerprint density at radius 2 is 2.22 bits per heavy atom. The smallest absolute Gasteiger partial charge is 0.224 e. The Morgan fingerprint density at radius 3 is 2.94 bits per heavy atom. The third-order valence-electron chi connectivity index (χ3n) is 4.25. The highest BCUT2D eigenvalue weighted by molar-refractivity contribution is 5.83. The van der Waals surface area contributed by atoms with Crippen molar-refractivity contribution in [2.45, 2.75) is 25.7 Å². The van der Waals surface area contributed by atoms with Crippen molar-refractivity contribution >= 4 is 22.9 Å². The average molecular weight is 244 g/mol. The van der Waals surface area contributed by atoms with Crippen molar-refractivity contribution in [2.24, 2.45) is 11.3 Å². The Balaban J connectivity index is 1.60. The maximum absolute atomic E-state index is 5.69. The highest BCUT2D eigenvalue weighted by Gasteiger charge is 2.53. The van der Waals surface area contributed by atoms with Gasteiger partial charge in [-0.25, -0.2) is 4.98 Å². The molecule has 0 unspecified atom stereocenters. The van der Waals surface area contributed by atoms with Crippen LogP contribution < -0.4 is 11.1 Å². The first-order valence-corrected chi connectivity index (χ1v) is 6.47. The van der Waals surface area contributed by atoms with Gasteiger partial charge in [-0.05, 0) is 37.0 Å². The molecule has 0 spiro atoms. The minimum Gasteiger partial charge on any atom is -0.368 e. The molecule has 0 atom stereocenters. The Kier molecular flexibility index (Phi) is 1.87. The number of nitrogen functional groups attached to an aromatic ring is 1. The van der Waals surface area contributed by atoms with Gasteiger partial charge in [-0.1, -0.05) is 0 Å². The molecule has 4 N–H and O–H groups in total. The number of imidazole rings is 1. The number of nitrogens with zero attached hydrogens (tertiary/aromatic N) is 3. The second-order valence-corrected chi connectivity index (χ2v) is 5.52. The van der Waals surface area contributed by atoms with Gasteiger partial charge in [-0.3, -0.25) is 0 Å². The van der Waals surface area contributed by atoms with Crippen molar-refractivity contribution in [3.05, 3.63) is 6.33 Å². The molecule has 18 heavy (non-hydrogen) atoms. The highest BCUT2D eigenvalue weighted by Crippen LogP contribution is 2.61. The molecule has 6 heteroatoms. The normalized spacial score (nSPS) is 21.1. The topological polar surface area (TPSA) is 92.5 Å². The van der Waals surface area contributed by atoms with Gasteiger partial charge in [0.1, 0.15) is 5.52 Å². The van der Waals surface area contributed by atoms with Crippen LogP contribution in [-0.4, -0.2) is 26.5 Å². The average Bonchev–Trinajstić information content (AvgIpc) is 3.23. The molecule has 2 saturated carbocycles. The van der Waals surface area contributed by atoms with Gasteiger partial charge in [-0.2, -0.15) is 9.97 Å². The monoisotopic (exact) mass is 244 g/mol. The standard InChI is InChI=1S/C12H16N6/c13-11-17-9(8-10(18-11)16-6-15-8)14-5-12(3-4-12)7-1-2-7/h6-7H,1-5H2,(H4,13,14,15,16,17,18). The molecular weight excluding hydrogens is 228 g/mol. The second-order valence-electron chi connectivity index (χ2n) is 5.52. The number of rotatable bonds is 4. The number of fused-ring (bicyclic) bond motifs is 1. The van der Waals surface area contributed by atoms with E-state index in [1.807, 2.05) is 0 Å². The summed E-state index contributed by atoms with van der Waals surface area (Å²) in [6, 6.07) is 0. The molecule has 0 amide bonds. The van der Waals surface area contributed by atoms with Crippen LogP contribution in [0.15, 0.2) is 6.33 Å². The van der Waals surface area contributed by atoms with E-state index in [0.29, 0.717) is 11.1 Å². The van der Waals surface area contributed by atoms with Crippen molar-refractivity contribution in [1.82, 2.24) is 19.9 Å². The van der Waals surface area contributed by atoms with Crippen LogP contribution in [0.1, 0.15) is 25.7 Å². The molecule has 0 saturated heterocycles. The lowest BCUT2D eigenvalue weighted by Crippen LogP contribution is -2.18. The summed E-state index contributed by atoms with van der Waals surface area (Å²) in [4.78, 5) is 15.5. The summed E-state index contributed by atoms with van der Waals surface area (Å²) >= 11 is 0. The second kappa shape index (κ2) is 3.34. The first-order chi connectivity index (χ1) is 8.77. The molecule has 4 rings (SSSR count). The van der Waals surface area contributed by atoms with E-state index in [1.165, 1.54) is 25.7 Å². The first-order valence-electron chi connectivity index (χ1n) is 6.47. The number of H-pyrrole nitrogens is 1. The van der Waals surface area contributed by atoms with Gasteiger partial charge >= 0.3 is 0 Å². The van der Waals surface area contributed by atoms with Crippen molar-refractivity contribution in [2.75, 3.05) is 17.6 Å². The maximum atomic E-state index is 5.69. The lowest BCUT2D eigenvalue weighted by Gasteiger charge is -2.15. The van der Waals surface area contributed by atoms with Crippen molar-refractivity contribution in [3.63, 3.8) is 0 Å². The fourth-order valence-electron chi connectivity index (χ4n) is 2.82. The first kappa shape index (κ1) is 10.1. The lowest BCUT2D eigenvalue weighted by atomic mass is 10.0. The van der Waals surface area contributed by atoms with Gasteiger partial charge in [0.15, 0.2) is 11.5 Å². The van der Waals surface area contributed by atoms with Crippen LogP contribution in [0.3, 0.4) is 0 Å². The molecule has 94 valence electrons. The number of nitrogens with two attached hydrogens (primary N) is 1. The summed E-state index contributed by atoms with van der Waals surface area (Å²) in [5, 5.41) is 3.44. The predicted octanol–water partition coefficient (Wildman–Crippen LogP) is 1.54. The van der Waals surface area contributed by atoms with Gasteiger partial charge < -0.3 is 16.0 Å². The van der Waals surface area contributed by atoms with Crippen LogP contribution in [0.5, 0.6) is 0 Å². The summed E-state index contributed by atoms with van der Waals surface area (Å²) in [7, 11) is 0. The van der Waals surface area contributed by atoms with Crippen molar-refractivity contribution in [3.8, 4) is 0 Å². The van der Waals surface area contributed by atoms with Gasteiger partial charge in [-0.15, -0.1) is 0 Å². The molecule has 6 nitrogen and oxygen atoms in total. The fraction of sp³-hybridized carbons (Fsp3) is 0.583. The Morgan fingerprint density at radius 1 is 1.39 bits per heavy atom. The summed E-state index contributed by atoms with van der Waals surface area (Å²) < 4.78 is 0. The molecule has 2 aromatic heterocycles. The zero-order chi connectivity index (χ0) is 12.2. The third kappa shape index (κ3) is 1.52. The van der Waals surface area contributed by atoms with E-state index in [2.05, 4.69) is 25.3 Å². The van der Waals surface area contributed by atoms with Crippen molar-refractivity contribution < 1.29 is 0 Å². The summed E-state index contributed by atoms with van der Waals surface area (Å²) in [6.45, 7) is 0.988. The van der Waals surface area contributed by atoms with Crippen LogP contribution in [-0.2, 0) is 0 Å². The SMILES string of the molecule is Nc1nc(NCC2(C3CC3)CC2)c2[nH]cnc2n1. The molecule has 2 fully saturated rings. The van der Waals surface area contributed by atoms with Crippen LogP contribution in [0.25, 0.3) is 11.2 Å². The van der Waals surface area contributed by atoms with Crippen LogP contribution in [0.4, 0.5) is 11.8 Å². The van der Waals surface area contributed by atoms with Gasteiger partial charge in [0.25, 0.3) is 0 Å². The molecular formula is C12H16N6. The molecule has 2 heterocycles. The highest BCUT2D eigenvalue weighted by atomic mass is 15.1. The minimum atomic E-state index is 0.272. The largest absolute Gasteiger partial charge is 0.368 e. The number of nitrogens with one attached hydrogen (secondary N) is 2. The third-order valence-corrected chi connectivity index (χ3v) is 4.25. The molecule has 2 aromatic rings. The van der Waals surface area contributed by atoms with Gasteiger partial charge in [0.05, 0.1) is 6.33 Å². The molecule has 0 aliphatic heterocycles. The minimum absolute atomic E-state index is 0.272. The maximum Gasteiger partial charge on any atom is 0.224 e. The molecule has 2 aliphatic carbocycles. The van der Waals surface area contributed by atoms with E-state index < -0.39 is 0 Å². The van der Waals surface area contributed by atoms with Gasteiger partial charge in [0.2, 0.25) is 5.95 Å². The zero-order valence-electron chi connectivity index (χ0n) is 10.1. The number of hydrogen-bond acceptors (Lipinski definition) is 5. The van der Waals surface area contributed by atoms with E-state index >= 15 is 0 Å². The van der Waals surface area contributed by atoms with Crippen LogP contribution >= 0.6 is 0 Å². The summed E-state index contributed by atoms with van der Waals surface area (Å²) in [5.74, 6) is 1.98. The quantitative estimate of drug-likeness (QED) is 0.758. The molecule has 0 radical (unpaired) electrons. The van der Waals surface area contributed by atoms with E-state index in [1.54, 1.807) is 6.33 Å². The van der Waals surface area contributed by atoms with E-state index in [4.69, 9.17) is 5.73 Å². The molecule has 2 aliphatic rings. The lowest BCUT2D eigenvalue weighted by molar-refractivity contribution is 0.466. The van der Waals surface area contributed by atoms with Crippen molar-refractivity contribution in [1.29, 1.82) is 0 Å². The number of aromatic amines is 1. The van der Waals surface area contributed by atoms with Crippen LogP contribution in [0.2, 0.25) is 0 Å². The number of anilines is 2.